The summed E-state index contributed by atoms with van der Waals surface area (Å²) in [6.45, 7) is 1.81. The molecule has 0 aliphatic heterocycles. The molecule has 0 atom stereocenters. The van der Waals surface area contributed by atoms with Gasteiger partial charge in [0.15, 0.2) is 0 Å². The monoisotopic (exact) mass is 296 g/mol. The van der Waals surface area contributed by atoms with E-state index in [0.717, 1.165) is 15.9 Å². The maximum atomic E-state index is 12.1. The minimum absolute atomic E-state index is 0.0214. The summed E-state index contributed by atoms with van der Waals surface area (Å²) < 4.78 is 2.41. The molecule has 90 valence electrons. The van der Waals surface area contributed by atoms with Gasteiger partial charge in [0, 0.05) is 28.8 Å². The molecule has 1 aromatic heterocycles. The van der Waals surface area contributed by atoms with Crippen molar-refractivity contribution in [1.82, 2.24) is 9.78 Å². The zero-order valence-corrected chi connectivity index (χ0v) is 11.0. The van der Waals surface area contributed by atoms with E-state index in [0.29, 0.717) is 12.0 Å². The third-order valence-electron chi connectivity index (χ3n) is 2.62. The third-order valence-corrected chi connectivity index (χ3v) is 3.11. The highest BCUT2D eigenvalue weighted by atomic mass is 79.9. The number of hydrogen-bond acceptors (Lipinski definition) is 2. The predicted molar refractivity (Wildman–Crippen MR) is 69.6 cm³/mol. The molecule has 0 fully saturated rings. The summed E-state index contributed by atoms with van der Waals surface area (Å²) in [4.78, 5) is 12.1. The van der Waals surface area contributed by atoms with Gasteiger partial charge >= 0.3 is 0 Å². The fourth-order valence-electron chi connectivity index (χ4n) is 1.78. The SMILES string of the molecule is Cc1[nH]n(-c2cccc(Br)c2)c(=O)c1CCO. The van der Waals surface area contributed by atoms with Crippen LogP contribution >= 0.6 is 15.9 Å². The highest BCUT2D eigenvalue weighted by Gasteiger charge is 2.11. The molecule has 17 heavy (non-hydrogen) atoms. The number of aliphatic hydroxyl groups is 1. The lowest BCUT2D eigenvalue weighted by Gasteiger charge is -2.01. The summed E-state index contributed by atoms with van der Waals surface area (Å²) in [5, 5.41) is 11.9. The maximum Gasteiger partial charge on any atom is 0.274 e. The van der Waals surface area contributed by atoms with Gasteiger partial charge in [0.2, 0.25) is 0 Å². The summed E-state index contributed by atoms with van der Waals surface area (Å²) in [5.74, 6) is 0. The highest BCUT2D eigenvalue weighted by Crippen LogP contribution is 2.14. The van der Waals surface area contributed by atoms with Gasteiger partial charge in [-0.15, -0.1) is 0 Å². The Bertz CT molecular complexity index is 586. The quantitative estimate of drug-likeness (QED) is 0.907. The van der Waals surface area contributed by atoms with Crippen LogP contribution in [0.5, 0.6) is 0 Å². The average Bonchev–Trinajstić information content (AvgIpc) is 2.57. The first-order valence-corrected chi connectivity index (χ1v) is 6.10. The molecule has 0 aliphatic carbocycles. The Morgan fingerprint density at radius 2 is 2.24 bits per heavy atom. The molecule has 0 bridgehead atoms. The standard InChI is InChI=1S/C12H13BrN2O2/c1-8-11(5-6-16)12(17)15(14-8)10-4-2-3-9(13)7-10/h2-4,7,14,16H,5-6H2,1H3. The highest BCUT2D eigenvalue weighted by molar-refractivity contribution is 9.10. The summed E-state index contributed by atoms with van der Waals surface area (Å²) in [6, 6.07) is 7.48. The van der Waals surface area contributed by atoms with E-state index >= 15 is 0 Å². The van der Waals surface area contributed by atoms with Gasteiger partial charge in [-0.05, 0) is 25.1 Å². The fraction of sp³-hybridized carbons (Fsp3) is 0.250. The molecule has 0 amide bonds. The van der Waals surface area contributed by atoms with Crippen LogP contribution in [0.25, 0.3) is 5.69 Å². The number of hydrogen-bond donors (Lipinski definition) is 2. The molecule has 0 aliphatic rings. The molecule has 0 unspecified atom stereocenters. The lowest BCUT2D eigenvalue weighted by molar-refractivity contribution is 0.299. The largest absolute Gasteiger partial charge is 0.396 e. The molecule has 0 saturated carbocycles. The average molecular weight is 297 g/mol. The van der Waals surface area contributed by atoms with Crippen LogP contribution in [0.3, 0.4) is 0 Å². The van der Waals surface area contributed by atoms with Gasteiger partial charge in [0.25, 0.3) is 5.56 Å². The predicted octanol–water partition coefficient (Wildman–Crippen LogP) is 1.77. The number of aliphatic hydroxyl groups excluding tert-OH is 1. The molecular weight excluding hydrogens is 284 g/mol. The van der Waals surface area contributed by atoms with Crippen molar-refractivity contribution >= 4 is 15.9 Å². The van der Waals surface area contributed by atoms with Crippen LogP contribution in [0.15, 0.2) is 33.5 Å². The summed E-state index contributed by atoms with van der Waals surface area (Å²) in [6.07, 6.45) is 0.377. The van der Waals surface area contributed by atoms with Gasteiger partial charge in [-0.25, -0.2) is 4.68 Å². The first-order chi connectivity index (χ1) is 8.13. The summed E-state index contributed by atoms with van der Waals surface area (Å²) in [5.41, 5.74) is 2.10. The number of nitrogens with zero attached hydrogens (tertiary/aromatic N) is 1. The Morgan fingerprint density at radius 3 is 2.88 bits per heavy atom. The second kappa shape index (κ2) is 4.89. The zero-order chi connectivity index (χ0) is 12.4. The van der Waals surface area contributed by atoms with E-state index in [1.165, 1.54) is 4.68 Å². The Morgan fingerprint density at radius 1 is 1.47 bits per heavy atom. The van der Waals surface area contributed by atoms with Crippen LogP contribution in [-0.2, 0) is 6.42 Å². The van der Waals surface area contributed by atoms with Crippen molar-refractivity contribution in [2.24, 2.45) is 0 Å². The Balaban J connectivity index is 2.54. The van der Waals surface area contributed by atoms with Crippen LogP contribution < -0.4 is 5.56 Å². The first-order valence-electron chi connectivity index (χ1n) is 5.31. The summed E-state index contributed by atoms with van der Waals surface area (Å²) >= 11 is 3.37. The number of aryl methyl sites for hydroxylation is 1. The van der Waals surface area contributed by atoms with Gasteiger partial charge in [-0.1, -0.05) is 22.0 Å². The number of aromatic amines is 1. The molecule has 0 radical (unpaired) electrons. The van der Waals surface area contributed by atoms with Crippen LogP contribution in [0.4, 0.5) is 0 Å². The molecule has 5 heteroatoms. The molecule has 4 nitrogen and oxygen atoms in total. The molecule has 2 rings (SSSR count). The molecule has 0 spiro atoms. The maximum absolute atomic E-state index is 12.1. The number of rotatable bonds is 3. The van der Waals surface area contributed by atoms with E-state index in [4.69, 9.17) is 5.11 Å². The second-order valence-electron chi connectivity index (χ2n) is 3.81. The zero-order valence-electron chi connectivity index (χ0n) is 9.40. The van der Waals surface area contributed by atoms with Gasteiger partial charge in [-0.3, -0.25) is 9.89 Å². The van der Waals surface area contributed by atoms with E-state index in [-0.39, 0.29) is 12.2 Å². The summed E-state index contributed by atoms with van der Waals surface area (Å²) in [7, 11) is 0. The van der Waals surface area contributed by atoms with Gasteiger partial charge in [-0.2, -0.15) is 0 Å². The fourth-order valence-corrected chi connectivity index (χ4v) is 2.17. The number of aromatic nitrogens is 2. The first kappa shape index (κ1) is 12.1. The van der Waals surface area contributed by atoms with Crippen LogP contribution in [0.1, 0.15) is 11.3 Å². The van der Waals surface area contributed by atoms with Crippen molar-refractivity contribution in [3.8, 4) is 5.69 Å². The van der Waals surface area contributed by atoms with E-state index in [1.54, 1.807) is 0 Å². The molecule has 2 N–H and O–H groups in total. The number of halogens is 1. The lowest BCUT2D eigenvalue weighted by Crippen LogP contribution is -2.18. The topological polar surface area (TPSA) is 58.0 Å². The third kappa shape index (κ3) is 2.35. The number of benzene rings is 1. The minimum atomic E-state index is -0.102. The number of nitrogens with one attached hydrogen (secondary N) is 1. The van der Waals surface area contributed by atoms with E-state index in [9.17, 15) is 4.79 Å². The van der Waals surface area contributed by atoms with Crippen molar-refractivity contribution in [1.29, 1.82) is 0 Å². The molecule has 0 saturated heterocycles. The molecule has 2 aromatic rings. The molecule has 1 heterocycles. The van der Waals surface area contributed by atoms with E-state index < -0.39 is 0 Å². The van der Waals surface area contributed by atoms with Gasteiger partial charge in [0.1, 0.15) is 0 Å². The Hall–Kier alpha value is -1.33. The smallest absolute Gasteiger partial charge is 0.274 e. The van der Waals surface area contributed by atoms with Gasteiger partial charge in [0.05, 0.1) is 5.69 Å². The van der Waals surface area contributed by atoms with Crippen molar-refractivity contribution in [3.63, 3.8) is 0 Å². The van der Waals surface area contributed by atoms with Crippen molar-refractivity contribution < 1.29 is 5.11 Å². The van der Waals surface area contributed by atoms with Crippen LogP contribution in [0, 0.1) is 6.92 Å². The van der Waals surface area contributed by atoms with Crippen LogP contribution in [0.2, 0.25) is 0 Å². The normalized spacial score (nSPS) is 10.8. The molecular formula is C12H13BrN2O2. The molecule has 1 aromatic carbocycles. The minimum Gasteiger partial charge on any atom is -0.396 e. The van der Waals surface area contributed by atoms with E-state index in [2.05, 4.69) is 21.0 Å². The van der Waals surface area contributed by atoms with E-state index in [1.807, 2.05) is 31.2 Å². The lowest BCUT2D eigenvalue weighted by atomic mass is 10.2. The number of H-pyrrole nitrogens is 1. The van der Waals surface area contributed by atoms with Gasteiger partial charge < -0.3 is 5.11 Å². The van der Waals surface area contributed by atoms with Crippen molar-refractivity contribution in [2.75, 3.05) is 6.61 Å². The Labute approximate surface area is 107 Å². The second-order valence-corrected chi connectivity index (χ2v) is 4.73. The van der Waals surface area contributed by atoms with Crippen molar-refractivity contribution in [3.05, 3.63) is 50.3 Å². The Kier molecular flexibility index (Phi) is 3.49. The van der Waals surface area contributed by atoms with Crippen molar-refractivity contribution in [2.45, 2.75) is 13.3 Å². The van der Waals surface area contributed by atoms with Crippen LogP contribution in [-0.4, -0.2) is 21.5 Å².